The number of carbonyl (C=O) groups excluding carboxylic acids is 1. The zero-order valence-electron chi connectivity index (χ0n) is 15.0. The van der Waals surface area contributed by atoms with Crippen LogP contribution in [0.5, 0.6) is 11.5 Å². The topological polar surface area (TPSA) is 38.8 Å². The fourth-order valence-electron chi connectivity index (χ4n) is 2.58. The third-order valence-electron chi connectivity index (χ3n) is 3.76. The number of thiocarbonyl (C=S) groups is 1. The molecule has 1 aliphatic rings. The molecule has 0 N–H and O–H groups in total. The monoisotopic (exact) mass is 413 g/mol. The fourth-order valence-corrected chi connectivity index (χ4v) is 3.87. The van der Waals surface area contributed by atoms with Gasteiger partial charge in [-0.15, -0.1) is 6.42 Å². The van der Waals surface area contributed by atoms with E-state index in [4.69, 9.17) is 28.1 Å². The summed E-state index contributed by atoms with van der Waals surface area (Å²) in [6.07, 6.45) is 6.92. The highest BCUT2D eigenvalue weighted by molar-refractivity contribution is 8.27. The Balaban J connectivity index is 1.90. The van der Waals surface area contributed by atoms with E-state index in [1.807, 2.05) is 6.92 Å². The Kier molecular flexibility index (Phi) is 6.34. The van der Waals surface area contributed by atoms with Crippen LogP contribution in [0.25, 0.3) is 6.08 Å². The van der Waals surface area contributed by atoms with Crippen molar-refractivity contribution in [2.75, 3.05) is 18.1 Å². The molecule has 0 spiro atoms. The Morgan fingerprint density at radius 2 is 2.04 bits per heavy atom. The average molecular weight is 413 g/mol. The van der Waals surface area contributed by atoms with E-state index in [1.54, 1.807) is 36.4 Å². The molecule has 0 unspecified atom stereocenters. The second-order valence-electron chi connectivity index (χ2n) is 5.60. The number of rotatable bonds is 6. The van der Waals surface area contributed by atoms with Crippen LogP contribution in [0.4, 0.5) is 10.1 Å². The van der Waals surface area contributed by atoms with Gasteiger partial charge in [0.05, 0.1) is 17.2 Å². The first-order chi connectivity index (χ1) is 13.5. The summed E-state index contributed by atoms with van der Waals surface area (Å²) in [6.45, 7) is 2.43. The van der Waals surface area contributed by atoms with Gasteiger partial charge in [-0.2, -0.15) is 0 Å². The van der Waals surface area contributed by atoms with E-state index in [9.17, 15) is 9.18 Å². The zero-order chi connectivity index (χ0) is 20.1. The minimum Gasteiger partial charge on any atom is -0.490 e. The van der Waals surface area contributed by atoms with Gasteiger partial charge < -0.3 is 9.47 Å². The molecule has 0 aliphatic carbocycles. The molecular formula is C21H16FNO3S2. The van der Waals surface area contributed by atoms with Crippen LogP contribution in [0, 0.1) is 18.2 Å². The number of thioether (sulfide) groups is 1. The van der Waals surface area contributed by atoms with Crippen LogP contribution in [-0.2, 0) is 4.79 Å². The van der Waals surface area contributed by atoms with Crippen molar-refractivity contribution in [3.63, 3.8) is 0 Å². The van der Waals surface area contributed by atoms with E-state index >= 15 is 0 Å². The number of hydrogen-bond donors (Lipinski definition) is 0. The molecule has 1 fully saturated rings. The van der Waals surface area contributed by atoms with Crippen LogP contribution in [0.1, 0.15) is 12.5 Å². The Hall–Kier alpha value is -2.82. The number of terminal acetylenes is 1. The SMILES string of the molecule is C#CCOc1ccc(/C=C2\SC(=S)N(c3ccccc3F)C2=O)cc1OCC. The smallest absolute Gasteiger partial charge is 0.270 e. The lowest BCUT2D eigenvalue weighted by Gasteiger charge is -2.15. The highest BCUT2D eigenvalue weighted by atomic mass is 32.2. The molecule has 1 heterocycles. The molecule has 1 amide bonds. The van der Waals surface area contributed by atoms with Gasteiger partial charge in [-0.3, -0.25) is 9.69 Å². The van der Waals surface area contributed by atoms with Crippen molar-refractivity contribution in [1.29, 1.82) is 0 Å². The van der Waals surface area contributed by atoms with Crippen LogP contribution in [0.3, 0.4) is 0 Å². The number of anilines is 1. The average Bonchev–Trinajstić information content (AvgIpc) is 2.95. The van der Waals surface area contributed by atoms with Crippen molar-refractivity contribution in [3.05, 3.63) is 58.8 Å². The van der Waals surface area contributed by atoms with Gasteiger partial charge in [-0.1, -0.05) is 48.1 Å². The maximum Gasteiger partial charge on any atom is 0.270 e. The van der Waals surface area contributed by atoms with Crippen LogP contribution in [-0.4, -0.2) is 23.4 Å². The summed E-state index contributed by atoms with van der Waals surface area (Å²) in [4.78, 5) is 14.4. The molecule has 0 radical (unpaired) electrons. The molecule has 4 nitrogen and oxygen atoms in total. The van der Waals surface area contributed by atoms with Gasteiger partial charge in [0.25, 0.3) is 5.91 Å². The minimum absolute atomic E-state index is 0.126. The van der Waals surface area contributed by atoms with Crippen molar-refractivity contribution in [1.82, 2.24) is 0 Å². The molecule has 1 aliphatic heterocycles. The normalized spacial score (nSPS) is 15.0. The summed E-state index contributed by atoms with van der Waals surface area (Å²) in [7, 11) is 0. The van der Waals surface area contributed by atoms with E-state index < -0.39 is 5.82 Å². The highest BCUT2D eigenvalue weighted by Crippen LogP contribution is 2.38. The van der Waals surface area contributed by atoms with Gasteiger partial charge in [-0.05, 0) is 42.8 Å². The number of halogens is 1. The van der Waals surface area contributed by atoms with Crippen molar-refractivity contribution in [2.24, 2.45) is 0 Å². The van der Waals surface area contributed by atoms with E-state index in [-0.39, 0.29) is 22.5 Å². The third-order valence-corrected chi connectivity index (χ3v) is 5.07. The molecule has 2 aromatic rings. The van der Waals surface area contributed by atoms with Crippen molar-refractivity contribution < 1.29 is 18.7 Å². The molecule has 7 heteroatoms. The van der Waals surface area contributed by atoms with Gasteiger partial charge in [-0.25, -0.2) is 4.39 Å². The second-order valence-corrected chi connectivity index (χ2v) is 7.28. The maximum atomic E-state index is 14.1. The standard InChI is InChI=1S/C21H16FNO3S2/c1-3-11-26-17-10-9-14(12-18(17)25-4-2)13-19-20(24)23(21(27)28-19)16-8-6-5-7-15(16)22/h1,5-10,12-13H,4,11H2,2H3/b19-13-. The van der Waals surface area contributed by atoms with Crippen LogP contribution in [0.15, 0.2) is 47.4 Å². The lowest BCUT2D eigenvalue weighted by atomic mass is 10.1. The Morgan fingerprint density at radius 3 is 2.75 bits per heavy atom. The number of benzene rings is 2. The number of ether oxygens (including phenoxy) is 2. The summed E-state index contributed by atoms with van der Waals surface area (Å²) in [5, 5.41) is 0. The van der Waals surface area contributed by atoms with Crippen LogP contribution >= 0.6 is 24.0 Å². The zero-order valence-corrected chi connectivity index (χ0v) is 16.6. The van der Waals surface area contributed by atoms with E-state index in [0.717, 1.165) is 17.3 Å². The summed E-state index contributed by atoms with van der Waals surface area (Å²) in [5.74, 6) is 2.58. The molecule has 0 saturated carbocycles. The van der Waals surface area contributed by atoms with E-state index in [2.05, 4.69) is 5.92 Å². The fraction of sp³-hybridized carbons (Fsp3) is 0.143. The van der Waals surface area contributed by atoms with Crippen molar-refractivity contribution >= 4 is 46.0 Å². The number of nitrogens with zero attached hydrogens (tertiary/aromatic N) is 1. The largest absolute Gasteiger partial charge is 0.490 e. The van der Waals surface area contributed by atoms with Gasteiger partial charge in [0.1, 0.15) is 12.4 Å². The Bertz CT molecular complexity index is 997. The quantitative estimate of drug-likeness (QED) is 0.392. The molecule has 0 aromatic heterocycles. The van der Waals surface area contributed by atoms with Gasteiger partial charge in [0, 0.05) is 0 Å². The van der Waals surface area contributed by atoms with Gasteiger partial charge >= 0.3 is 0 Å². The molecule has 1 saturated heterocycles. The molecule has 3 rings (SSSR count). The summed E-state index contributed by atoms with van der Waals surface area (Å²) >= 11 is 6.41. The second kappa shape index (κ2) is 8.91. The van der Waals surface area contributed by atoms with Crippen LogP contribution < -0.4 is 14.4 Å². The van der Waals surface area contributed by atoms with Crippen molar-refractivity contribution in [3.8, 4) is 23.8 Å². The first kappa shape index (κ1) is 19.9. The predicted molar refractivity (Wildman–Crippen MR) is 114 cm³/mol. The number of amides is 1. The Morgan fingerprint density at radius 1 is 1.25 bits per heavy atom. The summed E-state index contributed by atoms with van der Waals surface area (Å²) in [5.41, 5.74) is 0.868. The molecular weight excluding hydrogens is 397 g/mol. The lowest BCUT2D eigenvalue weighted by molar-refractivity contribution is -0.113. The summed E-state index contributed by atoms with van der Waals surface area (Å²) < 4.78 is 25.4. The number of carbonyl (C=O) groups is 1. The lowest BCUT2D eigenvalue weighted by Crippen LogP contribution is -2.28. The molecule has 2 aromatic carbocycles. The van der Waals surface area contributed by atoms with E-state index in [1.165, 1.54) is 17.0 Å². The van der Waals surface area contributed by atoms with Crippen LogP contribution in [0.2, 0.25) is 0 Å². The molecule has 0 atom stereocenters. The minimum atomic E-state index is -0.506. The Labute approximate surface area is 172 Å². The first-order valence-electron chi connectivity index (χ1n) is 8.40. The third kappa shape index (κ3) is 4.19. The summed E-state index contributed by atoms with van der Waals surface area (Å²) in [6, 6.07) is 11.3. The van der Waals surface area contributed by atoms with Gasteiger partial charge in [0.2, 0.25) is 0 Å². The van der Waals surface area contributed by atoms with Crippen molar-refractivity contribution in [2.45, 2.75) is 6.92 Å². The van der Waals surface area contributed by atoms with Gasteiger partial charge in [0.15, 0.2) is 15.8 Å². The number of hydrogen-bond acceptors (Lipinski definition) is 5. The number of para-hydroxylation sites is 1. The maximum absolute atomic E-state index is 14.1. The highest BCUT2D eigenvalue weighted by Gasteiger charge is 2.34. The first-order valence-corrected chi connectivity index (χ1v) is 9.63. The molecule has 28 heavy (non-hydrogen) atoms. The predicted octanol–water partition coefficient (Wildman–Crippen LogP) is 4.64. The molecule has 142 valence electrons. The molecule has 0 bridgehead atoms. The van der Waals surface area contributed by atoms with E-state index in [0.29, 0.717) is 23.0 Å².